The SMILES string of the molecule is CN(C)C1CCC(CNC(=O)c2ccccc2F)C1(C)C. The van der Waals surface area contributed by atoms with Crippen LogP contribution in [-0.2, 0) is 0 Å². The highest BCUT2D eigenvalue weighted by Gasteiger charge is 2.43. The minimum absolute atomic E-state index is 0.123. The number of carbonyl (C=O) groups is 1. The van der Waals surface area contributed by atoms with Crippen LogP contribution >= 0.6 is 0 Å². The number of nitrogens with one attached hydrogen (secondary N) is 1. The minimum atomic E-state index is -0.466. The monoisotopic (exact) mass is 292 g/mol. The third-order valence-electron chi connectivity index (χ3n) is 4.95. The average Bonchev–Trinajstić information content (AvgIpc) is 2.71. The van der Waals surface area contributed by atoms with Crippen molar-refractivity contribution in [1.29, 1.82) is 0 Å². The van der Waals surface area contributed by atoms with Gasteiger partial charge in [0.15, 0.2) is 0 Å². The lowest BCUT2D eigenvalue weighted by Crippen LogP contribution is -2.43. The lowest BCUT2D eigenvalue weighted by atomic mass is 9.78. The zero-order valence-electron chi connectivity index (χ0n) is 13.3. The van der Waals surface area contributed by atoms with Crippen LogP contribution in [0.4, 0.5) is 4.39 Å². The number of carbonyl (C=O) groups excluding carboxylic acids is 1. The summed E-state index contributed by atoms with van der Waals surface area (Å²) in [7, 11) is 4.21. The summed E-state index contributed by atoms with van der Waals surface area (Å²) >= 11 is 0. The Morgan fingerprint density at radius 3 is 2.57 bits per heavy atom. The van der Waals surface area contributed by atoms with Crippen molar-refractivity contribution in [3.63, 3.8) is 0 Å². The van der Waals surface area contributed by atoms with Gasteiger partial charge in [0.1, 0.15) is 5.82 Å². The summed E-state index contributed by atoms with van der Waals surface area (Å²) < 4.78 is 13.6. The first-order chi connectivity index (χ1) is 9.84. The average molecular weight is 292 g/mol. The molecule has 116 valence electrons. The Morgan fingerprint density at radius 1 is 1.33 bits per heavy atom. The molecule has 1 amide bonds. The van der Waals surface area contributed by atoms with Crippen LogP contribution in [0.1, 0.15) is 37.0 Å². The highest BCUT2D eigenvalue weighted by molar-refractivity contribution is 5.94. The van der Waals surface area contributed by atoms with E-state index in [1.165, 1.54) is 12.1 Å². The molecule has 2 rings (SSSR count). The molecule has 0 bridgehead atoms. The molecule has 2 unspecified atom stereocenters. The summed E-state index contributed by atoms with van der Waals surface area (Å²) in [5.41, 5.74) is 0.268. The van der Waals surface area contributed by atoms with E-state index in [0.29, 0.717) is 18.5 Å². The number of benzene rings is 1. The van der Waals surface area contributed by atoms with E-state index in [1.807, 2.05) is 0 Å². The Balaban J connectivity index is 1.98. The molecule has 1 N–H and O–H groups in total. The normalized spacial score (nSPS) is 24.3. The number of rotatable bonds is 4. The Hall–Kier alpha value is -1.42. The van der Waals surface area contributed by atoms with E-state index in [9.17, 15) is 9.18 Å². The van der Waals surface area contributed by atoms with Gasteiger partial charge < -0.3 is 10.2 Å². The van der Waals surface area contributed by atoms with E-state index < -0.39 is 5.82 Å². The van der Waals surface area contributed by atoms with Gasteiger partial charge in [-0.25, -0.2) is 4.39 Å². The molecule has 4 heteroatoms. The van der Waals surface area contributed by atoms with Crippen molar-refractivity contribution in [3.8, 4) is 0 Å². The Bertz CT molecular complexity index is 513. The summed E-state index contributed by atoms with van der Waals surface area (Å²) in [5, 5.41) is 2.90. The van der Waals surface area contributed by atoms with Crippen molar-refractivity contribution in [2.45, 2.75) is 32.7 Å². The summed E-state index contributed by atoms with van der Waals surface area (Å²) in [6.45, 7) is 5.11. The Kier molecular flexibility index (Phi) is 4.67. The van der Waals surface area contributed by atoms with Gasteiger partial charge in [-0.1, -0.05) is 26.0 Å². The van der Waals surface area contributed by atoms with E-state index in [0.717, 1.165) is 12.8 Å². The molecule has 0 heterocycles. The molecule has 21 heavy (non-hydrogen) atoms. The lowest BCUT2D eigenvalue weighted by molar-refractivity contribution is 0.0910. The molecule has 1 aromatic rings. The van der Waals surface area contributed by atoms with Crippen LogP contribution in [0.2, 0.25) is 0 Å². The smallest absolute Gasteiger partial charge is 0.254 e. The molecule has 0 radical (unpaired) electrons. The standard InChI is InChI=1S/C17H25FN2O/c1-17(2)12(9-10-15(17)20(3)4)11-19-16(21)13-7-5-6-8-14(13)18/h5-8,12,15H,9-11H2,1-4H3,(H,19,21). The van der Waals surface area contributed by atoms with E-state index in [-0.39, 0.29) is 16.9 Å². The number of amides is 1. The lowest BCUT2D eigenvalue weighted by Gasteiger charge is -2.37. The second-order valence-electron chi connectivity index (χ2n) is 6.76. The Labute approximate surface area is 126 Å². The maximum absolute atomic E-state index is 13.6. The maximum atomic E-state index is 13.6. The first kappa shape index (κ1) is 16.0. The molecule has 1 aliphatic carbocycles. The van der Waals surface area contributed by atoms with Gasteiger partial charge in [-0.3, -0.25) is 4.79 Å². The predicted molar refractivity (Wildman–Crippen MR) is 82.7 cm³/mol. The topological polar surface area (TPSA) is 32.3 Å². The van der Waals surface area contributed by atoms with Gasteiger partial charge in [0.05, 0.1) is 5.56 Å². The zero-order chi connectivity index (χ0) is 15.6. The molecule has 1 aromatic carbocycles. The fraction of sp³-hybridized carbons (Fsp3) is 0.588. The second kappa shape index (κ2) is 6.14. The molecular formula is C17H25FN2O. The van der Waals surface area contributed by atoms with Crippen LogP contribution in [0.5, 0.6) is 0 Å². The first-order valence-corrected chi connectivity index (χ1v) is 7.53. The number of hydrogen-bond donors (Lipinski definition) is 1. The van der Waals surface area contributed by atoms with Gasteiger partial charge in [-0.05, 0) is 50.4 Å². The Morgan fingerprint density at radius 2 is 2.00 bits per heavy atom. The third-order valence-corrected chi connectivity index (χ3v) is 4.95. The maximum Gasteiger partial charge on any atom is 0.254 e. The first-order valence-electron chi connectivity index (χ1n) is 7.53. The molecule has 2 atom stereocenters. The summed E-state index contributed by atoms with van der Waals surface area (Å²) in [5.74, 6) is -0.371. The van der Waals surface area contributed by atoms with Crippen LogP contribution in [0.25, 0.3) is 0 Å². The quantitative estimate of drug-likeness (QED) is 0.925. The van der Waals surface area contributed by atoms with Gasteiger partial charge in [0, 0.05) is 12.6 Å². The van der Waals surface area contributed by atoms with E-state index in [4.69, 9.17) is 0 Å². The van der Waals surface area contributed by atoms with Crippen molar-refractivity contribution in [1.82, 2.24) is 10.2 Å². The molecule has 1 fully saturated rings. The van der Waals surface area contributed by atoms with Crippen LogP contribution in [0, 0.1) is 17.2 Å². The van der Waals surface area contributed by atoms with Crippen molar-refractivity contribution >= 4 is 5.91 Å². The number of halogens is 1. The largest absolute Gasteiger partial charge is 0.352 e. The minimum Gasteiger partial charge on any atom is -0.352 e. The van der Waals surface area contributed by atoms with Crippen LogP contribution in [0.15, 0.2) is 24.3 Å². The predicted octanol–water partition coefficient (Wildman–Crippen LogP) is 2.92. The van der Waals surface area contributed by atoms with E-state index >= 15 is 0 Å². The van der Waals surface area contributed by atoms with E-state index in [1.54, 1.807) is 12.1 Å². The van der Waals surface area contributed by atoms with Crippen molar-refractivity contribution < 1.29 is 9.18 Å². The summed E-state index contributed by atoms with van der Waals surface area (Å²) in [4.78, 5) is 14.3. The van der Waals surface area contributed by atoms with Gasteiger partial charge in [0.2, 0.25) is 0 Å². The highest BCUT2D eigenvalue weighted by Crippen LogP contribution is 2.44. The number of hydrogen-bond acceptors (Lipinski definition) is 2. The zero-order valence-corrected chi connectivity index (χ0v) is 13.3. The van der Waals surface area contributed by atoms with E-state index in [2.05, 4.69) is 38.2 Å². The second-order valence-corrected chi connectivity index (χ2v) is 6.76. The summed E-state index contributed by atoms with van der Waals surface area (Å²) in [6, 6.07) is 6.63. The van der Waals surface area contributed by atoms with Crippen molar-refractivity contribution in [2.75, 3.05) is 20.6 Å². The summed E-state index contributed by atoms with van der Waals surface area (Å²) in [6.07, 6.45) is 2.23. The fourth-order valence-electron chi connectivity index (χ4n) is 3.62. The highest BCUT2D eigenvalue weighted by atomic mass is 19.1. The number of nitrogens with zero attached hydrogens (tertiary/aromatic N) is 1. The molecular weight excluding hydrogens is 267 g/mol. The van der Waals surface area contributed by atoms with Crippen LogP contribution in [-0.4, -0.2) is 37.5 Å². The van der Waals surface area contributed by atoms with Crippen LogP contribution < -0.4 is 5.32 Å². The molecule has 3 nitrogen and oxygen atoms in total. The van der Waals surface area contributed by atoms with Gasteiger partial charge in [-0.15, -0.1) is 0 Å². The third kappa shape index (κ3) is 3.26. The van der Waals surface area contributed by atoms with Crippen LogP contribution in [0.3, 0.4) is 0 Å². The molecule has 0 spiro atoms. The molecule has 1 saturated carbocycles. The molecule has 0 aromatic heterocycles. The molecule has 0 aliphatic heterocycles. The van der Waals surface area contributed by atoms with Gasteiger partial charge in [-0.2, -0.15) is 0 Å². The van der Waals surface area contributed by atoms with Crippen molar-refractivity contribution in [2.24, 2.45) is 11.3 Å². The fourth-order valence-corrected chi connectivity index (χ4v) is 3.62. The van der Waals surface area contributed by atoms with Crippen molar-refractivity contribution in [3.05, 3.63) is 35.6 Å². The molecule has 1 aliphatic rings. The molecule has 0 saturated heterocycles. The van der Waals surface area contributed by atoms with Gasteiger partial charge >= 0.3 is 0 Å². The van der Waals surface area contributed by atoms with Gasteiger partial charge in [0.25, 0.3) is 5.91 Å².